The molecular weight excluding hydrogens is 258 g/mol. The summed E-state index contributed by atoms with van der Waals surface area (Å²) in [5.74, 6) is 0.751. The van der Waals surface area contributed by atoms with Gasteiger partial charge in [-0.1, -0.05) is 19.1 Å². The number of aryl methyl sites for hydroxylation is 1. The van der Waals surface area contributed by atoms with E-state index in [1.807, 2.05) is 30.5 Å². The average molecular weight is 281 g/mol. The van der Waals surface area contributed by atoms with Gasteiger partial charge >= 0.3 is 0 Å². The van der Waals surface area contributed by atoms with Crippen LogP contribution in [0.15, 0.2) is 24.3 Å². The SMILES string of the molecule is CCc1ccc(C(=O)NC[C@@](C)(O)CCSC)cc1. The Morgan fingerprint density at radius 1 is 1.37 bits per heavy atom. The van der Waals surface area contributed by atoms with E-state index < -0.39 is 5.60 Å². The van der Waals surface area contributed by atoms with Crippen molar-refractivity contribution in [3.8, 4) is 0 Å². The Kier molecular flexibility index (Phi) is 6.38. The lowest BCUT2D eigenvalue weighted by atomic mass is 10.0. The Bertz CT molecular complexity index is 401. The molecule has 1 aromatic carbocycles. The summed E-state index contributed by atoms with van der Waals surface area (Å²) < 4.78 is 0. The highest BCUT2D eigenvalue weighted by atomic mass is 32.2. The van der Waals surface area contributed by atoms with E-state index in [1.54, 1.807) is 18.7 Å². The molecule has 1 atom stereocenters. The zero-order chi connectivity index (χ0) is 14.3. The molecule has 1 amide bonds. The number of hydrogen-bond acceptors (Lipinski definition) is 3. The van der Waals surface area contributed by atoms with Gasteiger partial charge in [0.2, 0.25) is 0 Å². The van der Waals surface area contributed by atoms with Crippen molar-refractivity contribution < 1.29 is 9.90 Å². The maximum atomic E-state index is 11.9. The molecule has 2 N–H and O–H groups in total. The van der Waals surface area contributed by atoms with Crippen LogP contribution < -0.4 is 5.32 Å². The van der Waals surface area contributed by atoms with Crippen molar-refractivity contribution in [2.45, 2.75) is 32.3 Å². The van der Waals surface area contributed by atoms with E-state index in [2.05, 4.69) is 12.2 Å². The van der Waals surface area contributed by atoms with E-state index >= 15 is 0 Å². The van der Waals surface area contributed by atoms with E-state index in [1.165, 1.54) is 5.56 Å². The Labute approximate surface area is 119 Å². The van der Waals surface area contributed by atoms with Crippen LogP contribution in [0.3, 0.4) is 0 Å². The molecule has 106 valence electrons. The lowest BCUT2D eigenvalue weighted by Crippen LogP contribution is -2.41. The minimum atomic E-state index is -0.845. The van der Waals surface area contributed by atoms with Crippen LogP contribution in [0.4, 0.5) is 0 Å². The Balaban J connectivity index is 2.50. The van der Waals surface area contributed by atoms with E-state index in [9.17, 15) is 9.90 Å². The van der Waals surface area contributed by atoms with E-state index in [0.29, 0.717) is 12.0 Å². The van der Waals surface area contributed by atoms with Gasteiger partial charge in [-0.25, -0.2) is 0 Å². The second kappa shape index (κ2) is 7.56. The molecule has 0 radical (unpaired) electrons. The van der Waals surface area contributed by atoms with Crippen LogP contribution in [0.1, 0.15) is 36.2 Å². The highest BCUT2D eigenvalue weighted by molar-refractivity contribution is 7.98. The maximum absolute atomic E-state index is 11.9. The molecule has 0 saturated heterocycles. The molecule has 0 aliphatic rings. The van der Waals surface area contributed by atoms with Crippen molar-refractivity contribution in [3.63, 3.8) is 0 Å². The maximum Gasteiger partial charge on any atom is 0.251 e. The normalized spacial score (nSPS) is 13.9. The predicted octanol–water partition coefficient (Wildman–Crippen LogP) is 2.48. The van der Waals surface area contributed by atoms with Crippen LogP contribution in [0.2, 0.25) is 0 Å². The molecule has 0 fully saturated rings. The van der Waals surface area contributed by atoms with Gasteiger partial charge in [0.05, 0.1) is 5.60 Å². The number of nitrogens with one attached hydrogen (secondary N) is 1. The quantitative estimate of drug-likeness (QED) is 0.807. The lowest BCUT2D eigenvalue weighted by Gasteiger charge is -2.23. The van der Waals surface area contributed by atoms with Gasteiger partial charge in [-0.2, -0.15) is 11.8 Å². The first-order valence-corrected chi connectivity index (χ1v) is 7.96. The van der Waals surface area contributed by atoms with Gasteiger partial charge in [-0.15, -0.1) is 0 Å². The van der Waals surface area contributed by atoms with Gasteiger partial charge in [-0.05, 0) is 49.5 Å². The highest BCUT2D eigenvalue weighted by Gasteiger charge is 2.20. The third-order valence-corrected chi connectivity index (χ3v) is 3.71. The molecule has 0 saturated carbocycles. The summed E-state index contributed by atoms with van der Waals surface area (Å²) in [4.78, 5) is 11.9. The fourth-order valence-corrected chi connectivity index (χ4v) is 2.32. The molecule has 0 heterocycles. The molecular formula is C15H23NO2S. The molecule has 0 aromatic heterocycles. The van der Waals surface area contributed by atoms with E-state index in [4.69, 9.17) is 0 Å². The molecule has 1 rings (SSSR count). The van der Waals surface area contributed by atoms with Crippen LogP contribution in [-0.4, -0.2) is 35.2 Å². The highest BCUT2D eigenvalue weighted by Crippen LogP contribution is 2.12. The van der Waals surface area contributed by atoms with E-state index in [-0.39, 0.29) is 12.5 Å². The minimum absolute atomic E-state index is 0.132. The second-order valence-corrected chi connectivity index (χ2v) is 5.96. The van der Waals surface area contributed by atoms with Gasteiger partial charge in [0, 0.05) is 12.1 Å². The number of rotatable bonds is 7. The molecule has 3 nitrogen and oxygen atoms in total. The minimum Gasteiger partial charge on any atom is -0.388 e. The molecule has 1 aromatic rings. The number of amides is 1. The van der Waals surface area contributed by atoms with Crippen molar-refractivity contribution >= 4 is 17.7 Å². The first-order chi connectivity index (χ1) is 8.98. The lowest BCUT2D eigenvalue weighted by molar-refractivity contribution is 0.0528. The number of aliphatic hydroxyl groups is 1. The Morgan fingerprint density at radius 3 is 2.53 bits per heavy atom. The van der Waals surface area contributed by atoms with Crippen molar-refractivity contribution in [3.05, 3.63) is 35.4 Å². The number of thioether (sulfide) groups is 1. The molecule has 0 unspecified atom stereocenters. The third kappa shape index (κ3) is 5.66. The van der Waals surface area contributed by atoms with E-state index in [0.717, 1.165) is 12.2 Å². The molecule has 4 heteroatoms. The van der Waals surface area contributed by atoms with Crippen molar-refractivity contribution in [2.24, 2.45) is 0 Å². The molecule has 0 aliphatic heterocycles. The summed E-state index contributed by atoms with van der Waals surface area (Å²) in [7, 11) is 0. The summed E-state index contributed by atoms with van der Waals surface area (Å²) in [6.45, 7) is 4.11. The van der Waals surface area contributed by atoms with Gasteiger partial charge in [0.25, 0.3) is 5.91 Å². The van der Waals surface area contributed by atoms with Crippen LogP contribution in [-0.2, 0) is 6.42 Å². The first-order valence-electron chi connectivity index (χ1n) is 6.57. The molecule has 19 heavy (non-hydrogen) atoms. The van der Waals surface area contributed by atoms with Gasteiger partial charge in [-0.3, -0.25) is 4.79 Å². The smallest absolute Gasteiger partial charge is 0.251 e. The topological polar surface area (TPSA) is 49.3 Å². The standard InChI is InChI=1S/C15H23NO2S/c1-4-12-5-7-13(8-6-12)14(17)16-11-15(2,18)9-10-19-3/h5-8,18H,4,9-11H2,1-3H3,(H,16,17)/t15-/m0/s1. The predicted molar refractivity (Wildman–Crippen MR) is 81.8 cm³/mol. The van der Waals surface area contributed by atoms with Crippen LogP contribution in [0, 0.1) is 0 Å². The molecule has 0 aliphatic carbocycles. The number of hydrogen-bond donors (Lipinski definition) is 2. The summed E-state index contributed by atoms with van der Waals surface area (Å²) in [6, 6.07) is 7.57. The summed E-state index contributed by atoms with van der Waals surface area (Å²) in [5.41, 5.74) is 1.00. The fraction of sp³-hybridized carbons (Fsp3) is 0.533. The van der Waals surface area contributed by atoms with Gasteiger partial charge < -0.3 is 10.4 Å². The molecule has 0 bridgehead atoms. The fourth-order valence-electron chi connectivity index (χ4n) is 1.67. The summed E-state index contributed by atoms with van der Waals surface area (Å²) >= 11 is 1.69. The summed E-state index contributed by atoms with van der Waals surface area (Å²) in [6.07, 6.45) is 3.64. The zero-order valence-electron chi connectivity index (χ0n) is 11.9. The first kappa shape index (κ1) is 16.1. The van der Waals surface area contributed by atoms with Gasteiger partial charge in [0.15, 0.2) is 0 Å². The second-order valence-electron chi connectivity index (χ2n) is 4.97. The average Bonchev–Trinajstić information content (AvgIpc) is 2.43. The van der Waals surface area contributed by atoms with Gasteiger partial charge in [0.1, 0.15) is 0 Å². The van der Waals surface area contributed by atoms with Crippen LogP contribution in [0.25, 0.3) is 0 Å². The van der Waals surface area contributed by atoms with Crippen molar-refractivity contribution in [2.75, 3.05) is 18.6 Å². The van der Waals surface area contributed by atoms with Crippen LogP contribution >= 0.6 is 11.8 Å². The largest absolute Gasteiger partial charge is 0.388 e. The Morgan fingerprint density at radius 2 is 2.00 bits per heavy atom. The number of benzene rings is 1. The number of carbonyl (C=O) groups excluding carboxylic acids is 1. The van der Waals surface area contributed by atoms with Crippen LogP contribution in [0.5, 0.6) is 0 Å². The molecule has 0 spiro atoms. The monoisotopic (exact) mass is 281 g/mol. The number of carbonyl (C=O) groups is 1. The van der Waals surface area contributed by atoms with Crippen molar-refractivity contribution in [1.29, 1.82) is 0 Å². The summed E-state index contributed by atoms with van der Waals surface area (Å²) in [5, 5.41) is 12.9. The Hall–Kier alpha value is -1.00. The third-order valence-electron chi connectivity index (χ3n) is 3.10. The zero-order valence-corrected chi connectivity index (χ0v) is 12.7. The van der Waals surface area contributed by atoms with Crippen molar-refractivity contribution in [1.82, 2.24) is 5.32 Å².